The van der Waals surface area contributed by atoms with Gasteiger partial charge in [0.1, 0.15) is 6.29 Å². The van der Waals surface area contributed by atoms with Crippen LogP contribution >= 0.6 is 0 Å². The minimum Gasteiger partial charge on any atom is -0.298 e. The largest absolute Gasteiger partial charge is 0.298 e. The Bertz CT molecular complexity index is 446. The van der Waals surface area contributed by atoms with Gasteiger partial charge in [0, 0.05) is 12.3 Å². The maximum atomic E-state index is 11.1. The summed E-state index contributed by atoms with van der Waals surface area (Å²) >= 11 is 0. The van der Waals surface area contributed by atoms with Crippen LogP contribution < -0.4 is 0 Å². The molecule has 0 saturated carbocycles. The van der Waals surface area contributed by atoms with E-state index in [1.807, 2.05) is 6.92 Å². The molecule has 0 aromatic heterocycles. The molecule has 0 aliphatic heterocycles. The molecule has 0 unspecified atom stereocenters. The van der Waals surface area contributed by atoms with E-state index in [1.54, 1.807) is 0 Å². The summed E-state index contributed by atoms with van der Waals surface area (Å²) in [6.45, 7) is 3.90. The molecule has 1 rings (SSSR count). The van der Waals surface area contributed by atoms with Gasteiger partial charge < -0.3 is 0 Å². The molecule has 3 heteroatoms. The minimum atomic E-state index is -1.04. The topological polar surface area (TPSA) is 64.7 Å². The summed E-state index contributed by atoms with van der Waals surface area (Å²) in [5.41, 5.74) is 0.501. The van der Waals surface area contributed by atoms with Crippen molar-refractivity contribution in [2.45, 2.75) is 39.5 Å². The van der Waals surface area contributed by atoms with Crippen LogP contribution in [0.15, 0.2) is 23.3 Å². The second-order valence-corrected chi connectivity index (χ2v) is 4.73. The van der Waals surface area contributed by atoms with Gasteiger partial charge >= 0.3 is 0 Å². The fourth-order valence-corrected chi connectivity index (χ4v) is 2.60. The summed E-state index contributed by atoms with van der Waals surface area (Å²) in [7, 11) is 0. The molecular weight excluding hydrogens is 224 g/mol. The third kappa shape index (κ3) is 2.51. The van der Waals surface area contributed by atoms with Crippen LogP contribution in [0, 0.1) is 34.0 Å². The number of hydrogen-bond donors (Lipinski definition) is 0. The lowest BCUT2D eigenvalue weighted by atomic mass is 9.75. The van der Waals surface area contributed by atoms with Crippen molar-refractivity contribution in [1.29, 1.82) is 10.5 Å². The SMILES string of the molecule is CC/C=C\CC[C@@H]1C(C=O)=C(C)CC1(C#N)C#N. The van der Waals surface area contributed by atoms with Crippen LogP contribution in [0.5, 0.6) is 0 Å². The van der Waals surface area contributed by atoms with Gasteiger partial charge in [0.15, 0.2) is 5.41 Å². The van der Waals surface area contributed by atoms with Crippen LogP contribution in [-0.2, 0) is 4.79 Å². The fourth-order valence-electron chi connectivity index (χ4n) is 2.60. The van der Waals surface area contributed by atoms with Crippen LogP contribution in [0.2, 0.25) is 0 Å². The Kier molecular flexibility index (Phi) is 4.86. The Morgan fingerprint density at radius 2 is 2.06 bits per heavy atom. The zero-order valence-electron chi connectivity index (χ0n) is 10.9. The summed E-state index contributed by atoms with van der Waals surface area (Å²) < 4.78 is 0. The summed E-state index contributed by atoms with van der Waals surface area (Å²) in [5.74, 6) is -0.244. The van der Waals surface area contributed by atoms with Crippen molar-refractivity contribution < 1.29 is 4.79 Å². The first kappa shape index (κ1) is 14.2. The molecule has 0 aromatic rings. The molecule has 3 nitrogen and oxygen atoms in total. The highest BCUT2D eigenvalue weighted by atomic mass is 16.1. The zero-order valence-corrected chi connectivity index (χ0v) is 10.9. The van der Waals surface area contributed by atoms with Gasteiger partial charge in [-0.2, -0.15) is 10.5 Å². The zero-order chi connectivity index (χ0) is 13.6. The first-order valence-corrected chi connectivity index (χ1v) is 6.27. The van der Waals surface area contributed by atoms with Crippen molar-refractivity contribution in [3.8, 4) is 12.1 Å². The van der Waals surface area contributed by atoms with Gasteiger partial charge in [0.25, 0.3) is 0 Å². The molecular formula is C15H18N2O. The highest BCUT2D eigenvalue weighted by Gasteiger charge is 2.46. The molecule has 0 N–H and O–H groups in total. The normalized spacial score (nSPS) is 21.9. The Hall–Kier alpha value is -1.87. The van der Waals surface area contributed by atoms with Crippen LogP contribution in [0.25, 0.3) is 0 Å². The lowest BCUT2D eigenvalue weighted by molar-refractivity contribution is -0.105. The van der Waals surface area contributed by atoms with Crippen LogP contribution in [-0.4, -0.2) is 6.29 Å². The van der Waals surface area contributed by atoms with E-state index < -0.39 is 5.41 Å². The first-order valence-electron chi connectivity index (χ1n) is 6.27. The number of allylic oxidation sites excluding steroid dienone is 4. The molecule has 0 amide bonds. The number of nitrogens with zero attached hydrogens (tertiary/aromatic N) is 2. The van der Waals surface area contributed by atoms with Gasteiger partial charge in [-0.1, -0.05) is 24.6 Å². The maximum absolute atomic E-state index is 11.1. The number of aldehydes is 1. The van der Waals surface area contributed by atoms with Crippen molar-refractivity contribution in [2.24, 2.45) is 11.3 Å². The fraction of sp³-hybridized carbons (Fsp3) is 0.533. The monoisotopic (exact) mass is 242 g/mol. The van der Waals surface area contributed by atoms with Crippen LogP contribution in [0.3, 0.4) is 0 Å². The number of nitriles is 2. The highest BCUT2D eigenvalue weighted by Crippen LogP contribution is 2.47. The second kappa shape index (κ2) is 6.17. The minimum absolute atomic E-state index is 0.244. The number of hydrogen-bond acceptors (Lipinski definition) is 3. The van der Waals surface area contributed by atoms with Crippen LogP contribution in [0.4, 0.5) is 0 Å². The Morgan fingerprint density at radius 3 is 2.56 bits per heavy atom. The molecule has 0 bridgehead atoms. The van der Waals surface area contributed by atoms with Gasteiger partial charge in [-0.05, 0) is 31.8 Å². The molecule has 0 spiro atoms. The molecule has 1 aliphatic rings. The van der Waals surface area contributed by atoms with Crippen molar-refractivity contribution in [1.82, 2.24) is 0 Å². The smallest absolute Gasteiger partial charge is 0.154 e. The average Bonchev–Trinajstić information content (AvgIpc) is 2.67. The third-order valence-corrected chi connectivity index (χ3v) is 3.56. The summed E-state index contributed by atoms with van der Waals surface area (Å²) in [6.07, 6.45) is 7.79. The van der Waals surface area contributed by atoms with Gasteiger partial charge in [-0.15, -0.1) is 0 Å². The quantitative estimate of drug-likeness (QED) is 0.548. The number of carbonyl (C=O) groups excluding carboxylic acids is 1. The molecule has 0 aromatic carbocycles. The molecule has 1 aliphatic carbocycles. The number of rotatable bonds is 5. The van der Waals surface area contributed by atoms with E-state index >= 15 is 0 Å². The molecule has 0 fully saturated rings. The predicted molar refractivity (Wildman–Crippen MR) is 69.2 cm³/mol. The molecule has 0 saturated heterocycles. The van der Waals surface area contributed by atoms with Gasteiger partial charge in [-0.25, -0.2) is 0 Å². The molecule has 94 valence electrons. The Labute approximate surface area is 108 Å². The highest BCUT2D eigenvalue weighted by molar-refractivity contribution is 5.77. The molecule has 18 heavy (non-hydrogen) atoms. The van der Waals surface area contributed by atoms with E-state index in [1.165, 1.54) is 0 Å². The van der Waals surface area contributed by atoms with E-state index in [2.05, 4.69) is 31.2 Å². The standard InChI is InChI=1S/C15H18N2O/c1-3-4-5-6-7-14-13(9-18)12(2)8-15(14,10-16)11-17/h4-5,9,14H,3,6-8H2,1-2H3/b5-4-/t14-/m1/s1. The van der Waals surface area contributed by atoms with E-state index in [9.17, 15) is 15.3 Å². The van der Waals surface area contributed by atoms with Crippen LogP contribution in [0.1, 0.15) is 39.5 Å². The summed E-state index contributed by atoms with van der Waals surface area (Å²) in [5, 5.41) is 18.6. The summed E-state index contributed by atoms with van der Waals surface area (Å²) in [6, 6.07) is 4.25. The first-order chi connectivity index (χ1) is 8.65. The van der Waals surface area contributed by atoms with Crippen molar-refractivity contribution in [3.63, 3.8) is 0 Å². The second-order valence-electron chi connectivity index (χ2n) is 4.73. The predicted octanol–water partition coefficient (Wildman–Crippen LogP) is 3.30. The van der Waals surface area contributed by atoms with Crippen molar-refractivity contribution in [3.05, 3.63) is 23.3 Å². The lowest BCUT2D eigenvalue weighted by Crippen LogP contribution is -2.24. The van der Waals surface area contributed by atoms with Gasteiger partial charge in [0.2, 0.25) is 0 Å². The van der Waals surface area contributed by atoms with Gasteiger partial charge in [0.05, 0.1) is 12.1 Å². The number of carbonyl (C=O) groups is 1. The van der Waals surface area contributed by atoms with E-state index in [0.29, 0.717) is 18.4 Å². The molecule has 0 radical (unpaired) electrons. The van der Waals surface area contributed by atoms with Crippen molar-refractivity contribution >= 4 is 6.29 Å². The van der Waals surface area contributed by atoms with Gasteiger partial charge in [-0.3, -0.25) is 4.79 Å². The molecule has 0 heterocycles. The lowest BCUT2D eigenvalue weighted by Gasteiger charge is -2.22. The average molecular weight is 242 g/mol. The Morgan fingerprint density at radius 1 is 1.39 bits per heavy atom. The summed E-state index contributed by atoms with van der Waals surface area (Å²) in [4.78, 5) is 11.1. The molecule has 1 atom stereocenters. The Balaban J connectivity index is 2.93. The van der Waals surface area contributed by atoms with E-state index in [-0.39, 0.29) is 5.92 Å². The van der Waals surface area contributed by atoms with Crippen molar-refractivity contribution in [2.75, 3.05) is 0 Å². The van der Waals surface area contributed by atoms with E-state index in [4.69, 9.17) is 0 Å². The van der Waals surface area contributed by atoms with E-state index in [0.717, 1.165) is 24.7 Å². The third-order valence-electron chi connectivity index (χ3n) is 3.56. The maximum Gasteiger partial charge on any atom is 0.154 e.